The average molecular weight is 449 g/mol. The number of rotatable bonds is 8. The molecule has 31 heavy (non-hydrogen) atoms. The Balaban J connectivity index is 1.70. The van der Waals surface area contributed by atoms with E-state index in [4.69, 9.17) is 10.0 Å². The third kappa shape index (κ3) is 4.97. The number of nitrogens with one attached hydrogen (secondary N) is 1. The van der Waals surface area contributed by atoms with Crippen molar-refractivity contribution in [1.29, 1.82) is 0 Å². The van der Waals surface area contributed by atoms with E-state index >= 15 is 0 Å². The Hall–Kier alpha value is -2.30. The van der Waals surface area contributed by atoms with Crippen molar-refractivity contribution < 1.29 is 28.7 Å². The van der Waals surface area contributed by atoms with Crippen LogP contribution in [0.3, 0.4) is 0 Å². The van der Waals surface area contributed by atoms with Crippen LogP contribution in [0, 0.1) is 0 Å². The normalized spacial score (nSPS) is 20.5. The maximum atomic E-state index is 12.2. The van der Waals surface area contributed by atoms with Gasteiger partial charge in [-0.25, -0.2) is 8.42 Å². The third-order valence-electron chi connectivity index (χ3n) is 5.86. The van der Waals surface area contributed by atoms with Crippen LogP contribution in [0.1, 0.15) is 43.9 Å². The Morgan fingerprint density at radius 1 is 1.10 bits per heavy atom. The van der Waals surface area contributed by atoms with Gasteiger partial charge >= 0.3 is 0 Å². The van der Waals surface area contributed by atoms with Crippen LogP contribution in [-0.2, 0) is 14.7 Å². The summed E-state index contributed by atoms with van der Waals surface area (Å²) in [7, 11) is -3.71. The molecular weight excluding hydrogens is 420 g/mol. The van der Waals surface area contributed by atoms with Gasteiger partial charge in [0, 0.05) is 19.1 Å². The van der Waals surface area contributed by atoms with E-state index in [0.29, 0.717) is 12.1 Å². The van der Waals surface area contributed by atoms with E-state index in [0.717, 1.165) is 28.5 Å². The standard InChI is InChI=1S/C22H28N2O6S/c1-14(25)15-4-6-16(7-5-15)17-8-10-18(11-9-17)20-12-19(30-24-20)13-22(2,21(26)23-27)31(3,28)29/h4-11,14,19,21,23,25-27H,12-13H2,1-3H3/t14-,19-,21?,22-/m1/s1. The summed E-state index contributed by atoms with van der Waals surface area (Å²) in [6, 6.07) is 15.4. The predicted molar refractivity (Wildman–Crippen MR) is 117 cm³/mol. The summed E-state index contributed by atoms with van der Waals surface area (Å²) >= 11 is 0. The van der Waals surface area contributed by atoms with Crippen LogP contribution in [0.4, 0.5) is 0 Å². The number of hydrogen-bond donors (Lipinski definition) is 4. The van der Waals surface area contributed by atoms with Crippen LogP contribution in [-0.4, -0.2) is 52.9 Å². The number of aliphatic hydroxyl groups excluding tert-OH is 2. The molecule has 0 bridgehead atoms. The molecule has 0 aliphatic carbocycles. The number of benzene rings is 2. The van der Waals surface area contributed by atoms with Gasteiger partial charge in [-0.2, -0.15) is 5.48 Å². The van der Waals surface area contributed by atoms with Crippen LogP contribution >= 0.6 is 0 Å². The maximum absolute atomic E-state index is 12.2. The van der Waals surface area contributed by atoms with Gasteiger partial charge < -0.3 is 20.3 Å². The molecule has 0 saturated carbocycles. The molecule has 168 valence electrons. The lowest BCUT2D eigenvalue weighted by Gasteiger charge is -2.32. The number of nitrogens with zero attached hydrogens (tertiary/aromatic N) is 1. The van der Waals surface area contributed by atoms with E-state index in [2.05, 4.69) is 5.16 Å². The molecule has 0 amide bonds. The molecule has 2 aromatic carbocycles. The molecule has 0 saturated heterocycles. The van der Waals surface area contributed by atoms with Crippen LogP contribution < -0.4 is 5.48 Å². The lowest BCUT2D eigenvalue weighted by atomic mass is 9.95. The van der Waals surface area contributed by atoms with Gasteiger partial charge in [0.2, 0.25) is 0 Å². The number of oxime groups is 1. The summed E-state index contributed by atoms with van der Waals surface area (Å²) in [6.07, 6.45) is -1.37. The van der Waals surface area contributed by atoms with E-state index in [9.17, 15) is 18.6 Å². The zero-order valence-corrected chi connectivity index (χ0v) is 18.5. The second-order valence-corrected chi connectivity index (χ2v) is 10.6. The SMILES string of the molecule is C[C@@H](O)c1ccc(-c2ccc(C3=NO[C@@H](C[C@](C)(C(O)NO)S(C)(=O)=O)C3)cc2)cc1. The highest BCUT2D eigenvalue weighted by Gasteiger charge is 2.46. The van der Waals surface area contributed by atoms with Crippen molar-refractivity contribution in [1.82, 2.24) is 5.48 Å². The monoisotopic (exact) mass is 448 g/mol. The number of aliphatic hydroxyl groups is 2. The van der Waals surface area contributed by atoms with Crippen LogP contribution in [0.5, 0.6) is 0 Å². The van der Waals surface area contributed by atoms with E-state index in [-0.39, 0.29) is 6.42 Å². The molecular formula is C22H28N2O6S. The Bertz CT molecular complexity index is 1030. The summed E-state index contributed by atoms with van der Waals surface area (Å²) in [6.45, 7) is 3.08. The number of hydrogen-bond acceptors (Lipinski definition) is 8. The van der Waals surface area contributed by atoms with Crippen molar-refractivity contribution in [2.24, 2.45) is 5.16 Å². The van der Waals surface area contributed by atoms with Gasteiger partial charge in [-0.1, -0.05) is 53.7 Å². The van der Waals surface area contributed by atoms with Crippen LogP contribution in [0.2, 0.25) is 0 Å². The second kappa shape index (κ2) is 9.05. The highest BCUT2D eigenvalue weighted by molar-refractivity contribution is 7.92. The van der Waals surface area contributed by atoms with Gasteiger partial charge in [0.25, 0.3) is 0 Å². The first-order valence-electron chi connectivity index (χ1n) is 9.94. The third-order valence-corrected chi connectivity index (χ3v) is 7.94. The minimum absolute atomic E-state index is 0.0404. The molecule has 1 heterocycles. The van der Waals surface area contributed by atoms with Crippen molar-refractivity contribution in [3.05, 3.63) is 59.7 Å². The van der Waals surface area contributed by atoms with Crippen molar-refractivity contribution in [2.75, 3.05) is 6.26 Å². The van der Waals surface area contributed by atoms with E-state index < -0.39 is 33.0 Å². The first-order chi connectivity index (χ1) is 14.5. The molecule has 0 radical (unpaired) electrons. The molecule has 2 aromatic rings. The van der Waals surface area contributed by atoms with Gasteiger partial charge in [-0.05, 0) is 36.1 Å². The second-order valence-electron chi connectivity index (χ2n) is 8.17. The highest BCUT2D eigenvalue weighted by atomic mass is 32.2. The van der Waals surface area contributed by atoms with Crippen molar-refractivity contribution in [3.8, 4) is 11.1 Å². The fourth-order valence-electron chi connectivity index (χ4n) is 3.57. The lowest BCUT2D eigenvalue weighted by Crippen LogP contribution is -2.54. The number of hydroxylamine groups is 1. The summed E-state index contributed by atoms with van der Waals surface area (Å²) in [5.74, 6) is 0. The smallest absolute Gasteiger partial charge is 0.156 e. The quantitative estimate of drug-likeness (QED) is 0.360. The summed E-state index contributed by atoms with van der Waals surface area (Å²) in [5, 5.41) is 32.8. The Morgan fingerprint density at radius 3 is 2.10 bits per heavy atom. The van der Waals surface area contributed by atoms with Crippen molar-refractivity contribution >= 4 is 15.5 Å². The molecule has 0 fully saturated rings. The van der Waals surface area contributed by atoms with Crippen LogP contribution in [0.25, 0.3) is 11.1 Å². The maximum Gasteiger partial charge on any atom is 0.156 e. The molecule has 1 unspecified atom stereocenters. The largest absolute Gasteiger partial charge is 0.392 e. The summed E-state index contributed by atoms with van der Waals surface area (Å²) < 4.78 is 22.8. The Kier molecular flexibility index (Phi) is 6.82. The minimum atomic E-state index is -3.71. The zero-order valence-electron chi connectivity index (χ0n) is 17.7. The van der Waals surface area contributed by atoms with E-state index in [1.54, 1.807) is 12.4 Å². The highest BCUT2D eigenvalue weighted by Crippen LogP contribution is 2.31. The van der Waals surface area contributed by atoms with Gasteiger partial charge in [-0.3, -0.25) is 0 Å². The van der Waals surface area contributed by atoms with Gasteiger partial charge in [0.05, 0.1) is 11.8 Å². The molecule has 4 atom stereocenters. The summed E-state index contributed by atoms with van der Waals surface area (Å²) in [4.78, 5) is 5.44. The molecule has 9 heteroatoms. The average Bonchev–Trinajstić information content (AvgIpc) is 3.20. The molecule has 0 spiro atoms. The zero-order chi connectivity index (χ0) is 22.8. The predicted octanol–water partition coefficient (Wildman–Crippen LogP) is 2.39. The molecule has 4 N–H and O–H groups in total. The minimum Gasteiger partial charge on any atom is -0.392 e. The van der Waals surface area contributed by atoms with E-state index in [1.807, 2.05) is 48.5 Å². The number of sulfone groups is 1. The first kappa shape index (κ1) is 23.4. The van der Waals surface area contributed by atoms with Crippen molar-refractivity contribution in [3.63, 3.8) is 0 Å². The fraction of sp³-hybridized carbons (Fsp3) is 0.409. The van der Waals surface area contributed by atoms with Gasteiger partial charge in [0.1, 0.15) is 17.1 Å². The molecule has 1 aliphatic rings. The lowest BCUT2D eigenvalue weighted by molar-refractivity contribution is -0.0355. The first-order valence-corrected chi connectivity index (χ1v) is 11.8. The van der Waals surface area contributed by atoms with Gasteiger partial charge in [0.15, 0.2) is 9.84 Å². The fourth-order valence-corrected chi connectivity index (χ4v) is 4.52. The summed E-state index contributed by atoms with van der Waals surface area (Å²) in [5.41, 5.74) is 6.06. The Morgan fingerprint density at radius 2 is 1.61 bits per heavy atom. The topological polar surface area (TPSA) is 128 Å². The van der Waals surface area contributed by atoms with Crippen LogP contribution in [0.15, 0.2) is 53.7 Å². The molecule has 1 aliphatic heterocycles. The van der Waals surface area contributed by atoms with E-state index in [1.165, 1.54) is 6.92 Å². The van der Waals surface area contributed by atoms with Gasteiger partial charge in [-0.15, -0.1) is 0 Å². The van der Waals surface area contributed by atoms with Crippen molar-refractivity contribution in [2.45, 2.75) is 49.9 Å². The molecule has 0 aromatic heterocycles. The molecule has 3 rings (SSSR count). The molecule has 8 nitrogen and oxygen atoms in total. The Labute approximate surface area is 182 Å².